The van der Waals surface area contributed by atoms with Crippen molar-refractivity contribution in [3.05, 3.63) is 71.8 Å². The largest absolute Gasteiger partial charge is 0.356 e. The zero-order chi connectivity index (χ0) is 17.9. The number of carbonyl (C=O) groups excluding carboxylic acids is 1. The van der Waals surface area contributed by atoms with Crippen molar-refractivity contribution in [3.8, 4) is 0 Å². The maximum absolute atomic E-state index is 11.8. The van der Waals surface area contributed by atoms with E-state index in [2.05, 4.69) is 27.8 Å². The Kier molecular flexibility index (Phi) is 10.4. The summed E-state index contributed by atoms with van der Waals surface area (Å²) in [6.45, 7) is 1.54. The Morgan fingerprint density at radius 2 is 1.50 bits per heavy atom. The number of guanidine groups is 1. The van der Waals surface area contributed by atoms with Crippen molar-refractivity contribution >= 4 is 35.8 Å². The number of hydrogen-bond acceptors (Lipinski definition) is 2. The van der Waals surface area contributed by atoms with Crippen LogP contribution in [0.1, 0.15) is 11.1 Å². The summed E-state index contributed by atoms with van der Waals surface area (Å²) >= 11 is 0. The number of benzene rings is 2. The molecule has 0 aliphatic carbocycles. The van der Waals surface area contributed by atoms with Crippen LogP contribution in [0, 0.1) is 0 Å². The average molecular weight is 466 g/mol. The molecule has 6 heteroatoms. The zero-order valence-corrected chi connectivity index (χ0v) is 17.6. The number of amides is 1. The summed E-state index contributed by atoms with van der Waals surface area (Å²) in [5.41, 5.74) is 2.40. The molecule has 26 heavy (non-hydrogen) atoms. The molecule has 0 aliphatic heterocycles. The first-order chi connectivity index (χ1) is 12.1. The lowest BCUT2D eigenvalue weighted by atomic mass is 10.1. The van der Waals surface area contributed by atoms with E-state index in [1.807, 2.05) is 48.5 Å². The number of hydrogen-bond donors (Lipinski definition) is 2. The first-order valence-electron chi connectivity index (χ1n) is 8.45. The summed E-state index contributed by atoms with van der Waals surface area (Å²) in [6.07, 6.45) is 0.897. The first-order valence-corrected chi connectivity index (χ1v) is 8.45. The molecule has 2 aromatic rings. The molecule has 0 heterocycles. The number of nitrogens with one attached hydrogen (secondary N) is 2. The summed E-state index contributed by atoms with van der Waals surface area (Å²) in [6, 6.07) is 20.3. The lowest BCUT2D eigenvalue weighted by Gasteiger charge is -2.15. The van der Waals surface area contributed by atoms with Gasteiger partial charge in [0.25, 0.3) is 0 Å². The van der Waals surface area contributed by atoms with Crippen LogP contribution >= 0.6 is 24.0 Å². The normalized spacial score (nSPS) is 10.6. The van der Waals surface area contributed by atoms with Gasteiger partial charge in [-0.15, -0.1) is 24.0 Å². The van der Waals surface area contributed by atoms with E-state index in [0.29, 0.717) is 12.5 Å². The predicted molar refractivity (Wildman–Crippen MR) is 118 cm³/mol. The number of carbonyl (C=O) groups is 1. The fraction of sp³-hybridized carbons (Fsp3) is 0.300. The van der Waals surface area contributed by atoms with E-state index in [1.165, 1.54) is 5.56 Å². The van der Waals surface area contributed by atoms with E-state index in [9.17, 15) is 4.79 Å². The monoisotopic (exact) mass is 466 g/mol. The van der Waals surface area contributed by atoms with E-state index in [1.54, 1.807) is 19.0 Å². The van der Waals surface area contributed by atoms with E-state index in [0.717, 1.165) is 18.5 Å². The molecule has 0 fully saturated rings. The Morgan fingerprint density at radius 3 is 2.08 bits per heavy atom. The van der Waals surface area contributed by atoms with Gasteiger partial charge in [0.1, 0.15) is 0 Å². The van der Waals surface area contributed by atoms with Gasteiger partial charge >= 0.3 is 0 Å². The maximum atomic E-state index is 11.8. The van der Waals surface area contributed by atoms with Gasteiger partial charge < -0.3 is 15.5 Å². The minimum absolute atomic E-state index is 0. The van der Waals surface area contributed by atoms with Gasteiger partial charge in [-0.25, -0.2) is 4.99 Å². The van der Waals surface area contributed by atoms with Crippen molar-refractivity contribution in [1.29, 1.82) is 0 Å². The summed E-state index contributed by atoms with van der Waals surface area (Å²) in [7, 11) is 3.49. The van der Waals surface area contributed by atoms with Crippen LogP contribution in [0.5, 0.6) is 0 Å². The Balaban J connectivity index is 0.00000338. The predicted octanol–water partition coefficient (Wildman–Crippen LogP) is 2.67. The van der Waals surface area contributed by atoms with Crippen molar-refractivity contribution in [2.75, 3.05) is 27.2 Å². The highest BCUT2D eigenvalue weighted by Gasteiger charge is 2.05. The lowest BCUT2D eigenvalue weighted by molar-refractivity contribution is -0.127. The van der Waals surface area contributed by atoms with Crippen molar-refractivity contribution in [2.24, 2.45) is 4.99 Å². The molecular formula is C20H27IN4O. The summed E-state index contributed by atoms with van der Waals surface area (Å²) in [5, 5.41) is 6.41. The van der Waals surface area contributed by atoms with E-state index < -0.39 is 0 Å². The maximum Gasteiger partial charge on any atom is 0.241 e. The topological polar surface area (TPSA) is 56.7 Å². The minimum atomic E-state index is 0. The van der Waals surface area contributed by atoms with Crippen molar-refractivity contribution in [1.82, 2.24) is 15.5 Å². The second kappa shape index (κ2) is 12.3. The third-order valence-electron chi connectivity index (χ3n) is 3.72. The standard InChI is InChI=1S/C20H26N4O.HI/c1-24(2)19(25)16-23-20(22-15-18-11-7-4-8-12-18)21-14-13-17-9-5-3-6-10-17;/h3-12H,13-16H2,1-2H3,(H2,21,22,23);1H. The van der Waals surface area contributed by atoms with Crippen LogP contribution in [-0.4, -0.2) is 44.0 Å². The first kappa shape index (κ1) is 22.0. The van der Waals surface area contributed by atoms with Gasteiger partial charge in [-0.05, 0) is 17.5 Å². The Morgan fingerprint density at radius 1 is 0.923 bits per heavy atom. The Bertz CT molecular complexity index is 675. The third kappa shape index (κ3) is 8.33. The van der Waals surface area contributed by atoms with Crippen molar-refractivity contribution in [3.63, 3.8) is 0 Å². The van der Waals surface area contributed by atoms with E-state index in [-0.39, 0.29) is 36.4 Å². The van der Waals surface area contributed by atoms with Crippen molar-refractivity contribution < 1.29 is 4.79 Å². The molecule has 0 unspecified atom stereocenters. The minimum Gasteiger partial charge on any atom is -0.356 e. The number of nitrogens with zero attached hydrogens (tertiary/aromatic N) is 2. The Labute approximate surface area is 172 Å². The van der Waals surface area contributed by atoms with Crippen LogP contribution in [0.2, 0.25) is 0 Å². The molecule has 140 valence electrons. The van der Waals surface area contributed by atoms with Gasteiger partial charge in [0.15, 0.2) is 5.96 Å². The molecule has 0 radical (unpaired) electrons. The molecule has 2 rings (SSSR count). The third-order valence-corrected chi connectivity index (χ3v) is 3.72. The van der Waals surface area contributed by atoms with Crippen LogP contribution in [0.3, 0.4) is 0 Å². The van der Waals surface area contributed by atoms with Crippen LogP contribution in [-0.2, 0) is 17.8 Å². The summed E-state index contributed by atoms with van der Waals surface area (Å²) in [4.78, 5) is 17.9. The van der Waals surface area contributed by atoms with Crippen LogP contribution in [0.4, 0.5) is 0 Å². The molecule has 2 aromatic carbocycles. The smallest absolute Gasteiger partial charge is 0.241 e. The van der Waals surface area contributed by atoms with Crippen molar-refractivity contribution in [2.45, 2.75) is 13.0 Å². The van der Waals surface area contributed by atoms with Gasteiger partial charge in [0, 0.05) is 20.6 Å². The van der Waals surface area contributed by atoms with Gasteiger partial charge in [-0.2, -0.15) is 0 Å². The number of halogens is 1. The average Bonchev–Trinajstić information content (AvgIpc) is 2.64. The van der Waals surface area contributed by atoms with Gasteiger partial charge in [-0.1, -0.05) is 60.7 Å². The fourth-order valence-corrected chi connectivity index (χ4v) is 2.22. The summed E-state index contributed by atoms with van der Waals surface area (Å²) < 4.78 is 0. The highest BCUT2D eigenvalue weighted by atomic mass is 127. The SMILES string of the molecule is CN(C)C(=O)CNC(=NCc1ccccc1)NCCc1ccccc1.I. The molecule has 5 nitrogen and oxygen atoms in total. The molecule has 0 aromatic heterocycles. The molecule has 0 saturated heterocycles. The van der Waals surface area contributed by atoms with Crippen LogP contribution < -0.4 is 10.6 Å². The molecular weight excluding hydrogens is 439 g/mol. The van der Waals surface area contributed by atoms with Gasteiger partial charge in [0.05, 0.1) is 13.1 Å². The molecule has 0 aliphatic rings. The fourth-order valence-electron chi connectivity index (χ4n) is 2.22. The Hall–Kier alpha value is -2.09. The zero-order valence-electron chi connectivity index (χ0n) is 15.3. The molecule has 0 atom stereocenters. The number of rotatable bonds is 7. The molecule has 0 saturated carbocycles. The molecule has 0 bridgehead atoms. The highest BCUT2D eigenvalue weighted by Crippen LogP contribution is 2.00. The second-order valence-corrected chi connectivity index (χ2v) is 5.95. The highest BCUT2D eigenvalue weighted by molar-refractivity contribution is 14.0. The lowest BCUT2D eigenvalue weighted by Crippen LogP contribution is -2.43. The number of aliphatic imine (C=N–C) groups is 1. The van der Waals surface area contributed by atoms with E-state index in [4.69, 9.17) is 0 Å². The number of likely N-dealkylation sites (N-methyl/N-ethyl adjacent to an activating group) is 1. The van der Waals surface area contributed by atoms with E-state index >= 15 is 0 Å². The molecule has 2 N–H and O–H groups in total. The quantitative estimate of drug-likeness (QED) is 0.375. The summed E-state index contributed by atoms with van der Waals surface area (Å²) in [5.74, 6) is 0.659. The van der Waals surface area contributed by atoms with Crippen LogP contribution in [0.25, 0.3) is 0 Å². The van der Waals surface area contributed by atoms with Gasteiger partial charge in [0.2, 0.25) is 5.91 Å². The van der Waals surface area contributed by atoms with Crippen LogP contribution in [0.15, 0.2) is 65.7 Å². The molecule has 1 amide bonds. The molecule has 0 spiro atoms. The van der Waals surface area contributed by atoms with Gasteiger partial charge in [-0.3, -0.25) is 4.79 Å². The second-order valence-electron chi connectivity index (χ2n) is 5.95.